The second-order valence-corrected chi connectivity index (χ2v) is 7.09. The molecule has 4 aromatic rings. The van der Waals surface area contributed by atoms with Gasteiger partial charge >= 0.3 is 0 Å². The highest BCUT2D eigenvalue weighted by Gasteiger charge is 2.16. The number of aromatic hydroxyl groups is 1. The van der Waals surface area contributed by atoms with Crippen molar-refractivity contribution in [1.82, 2.24) is 9.55 Å². The summed E-state index contributed by atoms with van der Waals surface area (Å²) >= 11 is 0. The molecule has 0 fully saturated rings. The van der Waals surface area contributed by atoms with Crippen LogP contribution in [0.1, 0.15) is 27.2 Å². The van der Waals surface area contributed by atoms with Gasteiger partial charge in [0.15, 0.2) is 5.69 Å². The Balaban J connectivity index is 1.82. The molecular weight excluding hydrogens is 352 g/mol. The predicted octanol–water partition coefficient (Wildman–Crippen LogP) is 5.28. The lowest BCUT2D eigenvalue weighted by atomic mass is 10.1. The van der Waals surface area contributed by atoms with Gasteiger partial charge in [-0.25, -0.2) is 0 Å². The third kappa shape index (κ3) is 2.93. The van der Waals surface area contributed by atoms with E-state index in [1.165, 1.54) is 0 Å². The minimum atomic E-state index is -0.467. The maximum absolute atomic E-state index is 12.8. The summed E-state index contributed by atoms with van der Waals surface area (Å²) in [5.74, 6) is -0.492. The van der Waals surface area contributed by atoms with Crippen LogP contribution in [0.5, 0.6) is 5.88 Å². The molecule has 6 heteroatoms. The number of nitrogens with zero attached hydrogens (tertiary/aromatic N) is 4. The standard InChI is InChI=1S/C22H20N4O2/c1-12-5-7-18-15(9-12)16(11-14(3)23-18)21(27)25-24-20-17-10-13(2)6-8-19(17)26(4)22(20)28/h5-11,28H,1-4H3. The van der Waals surface area contributed by atoms with E-state index in [0.29, 0.717) is 11.3 Å². The van der Waals surface area contributed by atoms with E-state index in [9.17, 15) is 9.90 Å². The van der Waals surface area contributed by atoms with Gasteiger partial charge in [0, 0.05) is 23.5 Å². The minimum Gasteiger partial charge on any atom is -0.493 e. The Hall–Kier alpha value is -3.54. The number of amides is 1. The van der Waals surface area contributed by atoms with Gasteiger partial charge in [-0.05, 0) is 51.1 Å². The zero-order valence-electron chi connectivity index (χ0n) is 16.2. The van der Waals surface area contributed by atoms with Gasteiger partial charge in [-0.1, -0.05) is 23.3 Å². The number of aryl methyl sites for hydroxylation is 4. The van der Waals surface area contributed by atoms with Gasteiger partial charge < -0.3 is 9.67 Å². The van der Waals surface area contributed by atoms with E-state index < -0.39 is 5.91 Å². The number of pyridine rings is 1. The summed E-state index contributed by atoms with van der Waals surface area (Å²) in [7, 11) is 1.75. The van der Waals surface area contributed by atoms with Crippen LogP contribution in [0.25, 0.3) is 21.8 Å². The second-order valence-electron chi connectivity index (χ2n) is 7.09. The molecule has 140 valence electrons. The fourth-order valence-corrected chi connectivity index (χ4v) is 3.42. The molecule has 0 saturated carbocycles. The van der Waals surface area contributed by atoms with Crippen molar-refractivity contribution in [3.8, 4) is 5.88 Å². The lowest BCUT2D eigenvalue weighted by Crippen LogP contribution is -1.99. The minimum absolute atomic E-state index is 0.0243. The fourth-order valence-electron chi connectivity index (χ4n) is 3.42. The largest absolute Gasteiger partial charge is 0.493 e. The molecule has 0 atom stereocenters. The average Bonchev–Trinajstić information content (AvgIpc) is 2.89. The molecule has 0 aliphatic carbocycles. The van der Waals surface area contributed by atoms with E-state index in [4.69, 9.17) is 0 Å². The molecular formula is C22H20N4O2. The first-order chi connectivity index (χ1) is 13.3. The molecule has 4 rings (SSSR count). The third-order valence-electron chi connectivity index (χ3n) is 4.86. The van der Waals surface area contributed by atoms with Crippen molar-refractivity contribution in [3.63, 3.8) is 0 Å². The number of carbonyl (C=O) groups excluding carboxylic acids is 1. The van der Waals surface area contributed by atoms with E-state index in [0.717, 1.165) is 38.6 Å². The van der Waals surface area contributed by atoms with Crippen molar-refractivity contribution in [3.05, 3.63) is 64.8 Å². The number of hydrogen-bond donors (Lipinski definition) is 1. The monoisotopic (exact) mass is 372 g/mol. The maximum atomic E-state index is 12.8. The number of azo groups is 1. The van der Waals surface area contributed by atoms with Crippen LogP contribution in [0.2, 0.25) is 0 Å². The van der Waals surface area contributed by atoms with E-state index in [-0.39, 0.29) is 5.88 Å². The van der Waals surface area contributed by atoms with Gasteiger partial charge in [-0.2, -0.15) is 0 Å². The molecule has 0 aliphatic rings. The predicted molar refractivity (Wildman–Crippen MR) is 109 cm³/mol. The Morgan fingerprint density at radius 2 is 1.68 bits per heavy atom. The first kappa shape index (κ1) is 17.9. The molecule has 0 saturated heterocycles. The number of carbonyl (C=O) groups is 1. The molecule has 6 nitrogen and oxygen atoms in total. The van der Waals surface area contributed by atoms with Crippen molar-refractivity contribution in [2.24, 2.45) is 17.3 Å². The summed E-state index contributed by atoms with van der Waals surface area (Å²) in [5, 5.41) is 20.0. The topological polar surface area (TPSA) is 79.8 Å². The highest BCUT2D eigenvalue weighted by atomic mass is 16.3. The molecule has 28 heavy (non-hydrogen) atoms. The Morgan fingerprint density at radius 3 is 2.43 bits per heavy atom. The third-order valence-corrected chi connectivity index (χ3v) is 4.86. The summed E-state index contributed by atoms with van der Waals surface area (Å²) < 4.78 is 1.63. The number of rotatable bonds is 2. The van der Waals surface area contributed by atoms with Crippen LogP contribution in [-0.4, -0.2) is 20.6 Å². The first-order valence-electron chi connectivity index (χ1n) is 8.97. The summed E-state index contributed by atoms with van der Waals surface area (Å²) in [5.41, 5.74) is 5.11. The number of benzene rings is 2. The molecule has 2 aromatic heterocycles. The highest BCUT2D eigenvalue weighted by Crippen LogP contribution is 2.38. The lowest BCUT2D eigenvalue weighted by Gasteiger charge is -2.05. The van der Waals surface area contributed by atoms with E-state index in [1.807, 2.05) is 57.2 Å². The average molecular weight is 372 g/mol. The fraction of sp³-hybridized carbons (Fsp3) is 0.182. The molecule has 2 heterocycles. The normalized spacial score (nSPS) is 11.7. The number of aromatic nitrogens is 2. The van der Waals surface area contributed by atoms with Crippen molar-refractivity contribution in [2.45, 2.75) is 20.8 Å². The lowest BCUT2D eigenvalue weighted by molar-refractivity contribution is 0.0996. The number of hydrogen-bond acceptors (Lipinski definition) is 4. The smallest absolute Gasteiger partial charge is 0.296 e. The van der Waals surface area contributed by atoms with Gasteiger partial charge in [-0.3, -0.25) is 9.78 Å². The molecule has 1 amide bonds. The van der Waals surface area contributed by atoms with E-state index in [2.05, 4.69) is 15.2 Å². The SMILES string of the molecule is Cc1ccc2nc(C)cc(C(=O)N=Nc3c(O)n(C)c4ccc(C)cc34)c2c1. The van der Waals surface area contributed by atoms with Crippen molar-refractivity contribution in [1.29, 1.82) is 0 Å². The van der Waals surface area contributed by atoms with E-state index >= 15 is 0 Å². The summed E-state index contributed by atoms with van der Waals surface area (Å²) in [6, 6.07) is 13.3. The van der Waals surface area contributed by atoms with Crippen LogP contribution >= 0.6 is 0 Å². The first-order valence-corrected chi connectivity index (χ1v) is 8.97. The molecule has 0 spiro atoms. The van der Waals surface area contributed by atoms with Crippen LogP contribution in [-0.2, 0) is 7.05 Å². The second kappa shape index (κ2) is 6.56. The van der Waals surface area contributed by atoms with Crippen molar-refractivity contribution in [2.75, 3.05) is 0 Å². The van der Waals surface area contributed by atoms with Crippen LogP contribution in [0.3, 0.4) is 0 Å². The summed E-state index contributed by atoms with van der Waals surface area (Å²) in [6.07, 6.45) is 0. The van der Waals surface area contributed by atoms with Crippen molar-refractivity contribution < 1.29 is 9.90 Å². The molecule has 0 radical (unpaired) electrons. The highest BCUT2D eigenvalue weighted by molar-refractivity contribution is 6.07. The maximum Gasteiger partial charge on any atom is 0.296 e. The molecule has 0 aliphatic heterocycles. The molecule has 1 N–H and O–H groups in total. The summed E-state index contributed by atoms with van der Waals surface area (Å²) in [6.45, 7) is 5.77. The molecule has 2 aromatic carbocycles. The molecule has 0 bridgehead atoms. The van der Waals surface area contributed by atoms with Gasteiger partial charge in [0.05, 0.1) is 16.6 Å². The van der Waals surface area contributed by atoms with Gasteiger partial charge in [0.1, 0.15) is 0 Å². The van der Waals surface area contributed by atoms with Gasteiger partial charge in [0.2, 0.25) is 5.88 Å². The van der Waals surface area contributed by atoms with Crippen LogP contribution in [0.4, 0.5) is 5.69 Å². The Bertz CT molecular complexity index is 1290. The van der Waals surface area contributed by atoms with E-state index in [1.54, 1.807) is 17.7 Å². The Kier molecular flexibility index (Phi) is 4.19. The van der Waals surface area contributed by atoms with Crippen LogP contribution in [0.15, 0.2) is 52.7 Å². The van der Waals surface area contributed by atoms with Crippen LogP contribution in [0, 0.1) is 20.8 Å². The number of fused-ring (bicyclic) bond motifs is 2. The molecule has 0 unspecified atom stereocenters. The summed E-state index contributed by atoms with van der Waals surface area (Å²) in [4.78, 5) is 17.3. The van der Waals surface area contributed by atoms with Gasteiger partial charge in [0.25, 0.3) is 5.91 Å². The zero-order valence-corrected chi connectivity index (χ0v) is 16.2. The van der Waals surface area contributed by atoms with Gasteiger partial charge in [-0.15, -0.1) is 10.2 Å². The quantitative estimate of drug-likeness (QED) is 0.486. The van der Waals surface area contributed by atoms with Crippen molar-refractivity contribution >= 4 is 33.4 Å². The Morgan fingerprint density at radius 1 is 1.00 bits per heavy atom. The zero-order chi connectivity index (χ0) is 20.0. The Labute approximate surface area is 162 Å². The van der Waals surface area contributed by atoms with Crippen LogP contribution < -0.4 is 0 Å².